The Morgan fingerprint density at radius 3 is 2.38 bits per heavy atom. The summed E-state index contributed by atoms with van der Waals surface area (Å²) in [5.74, 6) is 0.0804. The maximum Gasteiger partial charge on any atom is 0.272 e. The number of hydrogen-bond acceptors (Lipinski definition) is 5. The fourth-order valence-corrected chi connectivity index (χ4v) is 2.73. The van der Waals surface area contributed by atoms with Crippen molar-refractivity contribution >= 4 is 17.7 Å². The molecule has 0 atom stereocenters. The van der Waals surface area contributed by atoms with Crippen molar-refractivity contribution in [2.45, 2.75) is 6.92 Å². The molecular weight excluding hydrogens is 336 g/mol. The Morgan fingerprint density at radius 2 is 1.77 bits per heavy atom. The normalized spacial score (nSPS) is 14.2. The zero-order chi connectivity index (χ0) is 18.5. The maximum atomic E-state index is 12.4. The molecule has 1 aliphatic heterocycles. The lowest BCUT2D eigenvalue weighted by atomic mass is 10.2. The van der Waals surface area contributed by atoms with Crippen LogP contribution in [0.5, 0.6) is 0 Å². The molecule has 9 heteroatoms. The highest BCUT2D eigenvalue weighted by atomic mass is 16.2. The van der Waals surface area contributed by atoms with Crippen LogP contribution in [0.15, 0.2) is 30.7 Å². The molecule has 1 aliphatic rings. The van der Waals surface area contributed by atoms with Crippen molar-refractivity contribution in [2.24, 2.45) is 0 Å². The average molecular weight is 356 g/mol. The standard InChI is InChI=1S/C17H20N6O3/c1-12-19-10-14(21-12)17(26)23-8-6-22(7-9-23)15(24)11-20-16(25)13-2-4-18-5-3-13/h2-5,10H,6-9,11H2,1H3,(H,19,21)(H,20,25). The number of pyridine rings is 1. The van der Waals surface area contributed by atoms with E-state index in [2.05, 4.69) is 20.3 Å². The van der Waals surface area contributed by atoms with Crippen LogP contribution in [-0.2, 0) is 4.79 Å². The second kappa shape index (κ2) is 7.77. The Bertz CT molecular complexity index is 796. The predicted molar refractivity (Wildman–Crippen MR) is 92.4 cm³/mol. The molecule has 0 aliphatic carbocycles. The van der Waals surface area contributed by atoms with Gasteiger partial charge >= 0.3 is 0 Å². The highest BCUT2D eigenvalue weighted by Crippen LogP contribution is 2.08. The molecule has 1 fully saturated rings. The van der Waals surface area contributed by atoms with Gasteiger partial charge in [-0.25, -0.2) is 4.98 Å². The first-order chi connectivity index (χ1) is 12.5. The van der Waals surface area contributed by atoms with E-state index in [9.17, 15) is 14.4 Å². The zero-order valence-electron chi connectivity index (χ0n) is 14.4. The lowest BCUT2D eigenvalue weighted by Crippen LogP contribution is -2.52. The van der Waals surface area contributed by atoms with Crippen molar-refractivity contribution in [3.63, 3.8) is 0 Å². The minimum absolute atomic E-state index is 0.0746. The summed E-state index contributed by atoms with van der Waals surface area (Å²) in [6, 6.07) is 3.17. The largest absolute Gasteiger partial charge is 0.343 e. The number of aromatic nitrogens is 3. The summed E-state index contributed by atoms with van der Waals surface area (Å²) >= 11 is 0. The number of carbonyl (C=O) groups is 3. The Hall–Kier alpha value is -3.23. The third kappa shape index (κ3) is 4.05. The van der Waals surface area contributed by atoms with E-state index in [0.717, 1.165) is 0 Å². The van der Waals surface area contributed by atoms with E-state index < -0.39 is 0 Å². The molecule has 0 aromatic carbocycles. The first kappa shape index (κ1) is 17.6. The fraction of sp³-hybridized carbons (Fsp3) is 0.353. The Morgan fingerprint density at radius 1 is 1.12 bits per heavy atom. The lowest BCUT2D eigenvalue weighted by molar-refractivity contribution is -0.131. The van der Waals surface area contributed by atoms with E-state index in [0.29, 0.717) is 43.3 Å². The fourth-order valence-electron chi connectivity index (χ4n) is 2.73. The quantitative estimate of drug-likeness (QED) is 0.790. The summed E-state index contributed by atoms with van der Waals surface area (Å²) in [7, 11) is 0. The second-order valence-corrected chi connectivity index (χ2v) is 5.97. The van der Waals surface area contributed by atoms with Crippen LogP contribution in [0, 0.1) is 6.92 Å². The number of rotatable bonds is 4. The average Bonchev–Trinajstić information content (AvgIpc) is 3.12. The van der Waals surface area contributed by atoms with Gasteiger partial charge in [-0.3, -0.25) is 19.4 Å². The molecule has 1 saturated heterocycles. The van der Waals surface area contributed by atoms with Crippen molar-refractivity contribution in [2.75, 3.05) is 32.7 Å². The molecule has 2 aromatic rings. The summed E-state index contributed by atoms with van der Waals surface area (Å²) in [5, 5.41) is 2.61. The van der Waals surface area contributed by atoms with E-state index >= 15 is 0 Å². The number of carbonyl (C=O) groups excluding carboxylic acids is 3. The van der Waals surface area contributed by atoms with Crippen molar-refractivity contribution < 1.29 is 14.4 Å². The van der Waals surface area contributed by atoms with Crippen LogP contribution in [0.2, 0.25) is 0 Å². The van der Waals surface area contributed by atoms with E-state index in [1.54, 1.807) is 28.9 Å². The minimum atomic E-state index is -0.316. The van der Waals surface area contributed by atoms with Gasteiger partial charge < -0.3 is 20.1 Å². The molecule has 136 valence electrons. The molecule has 26 heavy (non-hydrogen) atoms. The highest BCUT2D eigenvalue weighted by molar-refractivity contribution is 5.96. The minimum Gasteiger partial charge on any atom is -0.343 e. The third-order valence-electron chi connectivity index (χ3n) is 4.20. The molecule has 3 rings (SSSR count). The van der Waals surface area contributed by atoms with Crippen LogP contribution < -0.4 is 5.32 Å². The van der Waals surface area contributed by atoms with E-state index in [1.807, 2.05) is 0 Å². The van der Waals surface area contributed by atoms with Gasteiger partial charge in [0.2, 0.25) is 5.91 Å². The predicted octanol–water partition coefficient (Wildman–Crippen LogP) is -0.172. The molecule has 3 amide bonds. The van der Waals surface area contributed by atoms with Crippen molar-refractivity contribution in [3.8, 4) is 0 Å². The number of aromatic amines is 1. The number of aryl methyl sites for hydroxylation is 1. The molecule has 2 aromatic heterocycles. The van der Waals surface area contributed by atoms with Crippen molar-refractivity contribution in [1.29, 1.82) is 0 Å². The van der Waals surface area contributed by atoms with Gasteiger partial charge in [-0.1, -0.05) is 0 Å². The molecule has 9 nitrogen and oxygen atoms in total. The number of piperazine rings is 1. The van der Waals surface area contributed by atoms with Gasteiger partial charge in [-0.05, 0) is 19.1 Å². The molecule has 0 bridgehead atoms. The van der Waals surface area contributed by atoms with Gasteiger partial charge in [0, 0.05) is 44.1 Å². The zero-order valence-corrected chi connectivity index (χ0v) is 14.4. The summed E-state index contributed by atoms with van der Waals surface area (Å²) < 4.78 is 0. The van der Waals surface area contributed by atoms with Gasteiger partial charge in [0.1, 0.15) is 11.5 Å². The third-order valence-corrected chi connectivity index (χ3v) is 4.20. The van der Waals surface area contributed by atoms with Crippen LogP contribution in [0.25, 0.3) is 0 Å². The molecular formula is C17H20N6O3. The van der Waals surface area contributed by atoms with E-state index in [1.165, 1.54) is 18.6 Å². The van der Waals surface area contributed by atoms with E-state index in [-0.39, 0.29) is 24.3 Å². The monoisotopic (exact) mass is 356 g/mol. The second-order valence-electron chi connectivity index (χ2n) is 5.97. The SMILES string of the molecule is Cc1ncc(C(=O)N2CCN(C(=O)CNC(=O)c3ccncc3)CC2)[nH]1. The van der Waals surface area contributed by atoms with Crippen LogP contribution in [0.3, 0.4) is 0 Å². The van der Waals surface area contributed by atoms with Crippen LogP contribution in [-0.4, -0.2) is 75.2 Å². The van der Waals surface area contributed by atoms with Gasteiger partial charge in [-0.15, -0.1) is 0 Å². The maximum absolute atomic E-state index is 12.4. The first-order valence-electron chi connectivity index (χ1n) is 8.31. The topological polar surface area (TPSA) is 111 Å². The van der Waals surface area contributed by atoms with Crippen LogP contribution >= 0.6 is 0 Å². The van der Waals surface area contributed by atoms with E-state index in [4.69, 9.17) is 0 Å². The highest BCUT2D eigenvalue weighted by Gasteiger charge is 2.25. The van der Waals surface area contributed by atoms with Crippen molar-refractivity contribution in [1.82, 2.24) is 30.1 Å². The molecule has 2 N–H and O–H groups in total. The summed E-state index contributed by atoms with van der Waals surface area (Å²) in [5.41, 5.74) is 0.907. The Labute approximate surface area is 150 Å². The smallest absolute Gasteiger partial charge is 0.272 e. The molecule has 0 saturated carbocycles. The first-order valence-corrected chi connectivity index (χ1v) is 8.31. The number of amides is 3. The number of imidazole rings is 1. The van der Waals surface area contributed by atoms with Crippen LogP contribution in [0.4, 0.5) is 0 Å². The van der Waals surface area contributed by atoms with Gasteiger partial charge in [-0.2, -0.15) is 0 Å². The van der Waals surface area contributed by atoms with Gasteiger partial charge in [0.05, 0.1) is 12.7 Å². The van der Waals surface area contributed by atoms with Gasteiger partial charge in [0.15, 0.2) is 0 Å². The summed E-state index contributed by atoms with van der Waals surface area (Å²) in [4.78, 5) is 50.7. The molecule has 0 spiro atoms. The summed E-state index contributed by atoms with van der Waals surface area (Å²) in [6.07, 6.45) is 4.56. The summed E-state index contributed by atoms with van der Waals surface area (Å²) in [6.45, 7) is 3.47. The number of H-pyrrole nitrogens is 1. The van der Waals surface area contributed by atoms with Crippen molar-refractivity contribution in [3.05, 3.63) is 47.8 Å². The number of hydrogen-bond donors (Lipinski definition) is 2. The Balaban J connectivity index is 1.46. The molecule has 0 unspecified atom stereocenters. The van der Waals surface area contributed by atoms with Gasteiger partial charge in [0.25, 0.3) is 11.8 Å². The molecule has 0 radical (unpaired) electrons. The number of nitrogens with zero attached hydrogens (tertiary/aromatic N) is 4. The number of nitrogens with one attached hydrogen (secondary N) is 2. The lowest BCUT2D eigenvalue weighted by Gasteiger charge is -2.34. The van der Waals surface area contributed by atoms with Crippen LogP contribution in [0.1, 0.15) is 26.7 Å². The Kier molecular flexibility index (Phi) is 5.26. The molecule has 3 heterocycles.